The van der Waals surface area contributed by atoms with E-state index in [4.69, 9.17) is 10.4 Å². The maximum atomic E-state index is 13.1. The molecule has 0 radical (unpaired) electrons. The zero-order valence-corrected chi connectivity index (χ0v) is 10.6. The van der Waals surface area contributed by atoms with E-state index in [0.29, 0.717) is 12.1 Å². The number of anilines is 1. The molecule has 1 rings (SSSR count). The standard InChI is InChI=1S/C12H8F6N2O2/c13-11(14,15)10(5-6-19,12(16,17)18)7-1-3-8(4-2-7)20-9(21)22/h1-4,20H,5H2,(H,21,22). The quantitative estimate of drug-likeness (QED) is 0.823. The van der Waals surface area contributed by atoms with Gasteiger partial charge in [0.15, 0.2) is 5.41 Å². The number of nitriles is 1. The SMILES string of the molecule is N#CCC(c1ccc(NC(=O)O)cc1)(C(F)(F)F)C(F)(F)F. The minimum atomic E-state index is -5.75. The van der Waals surface area contributed by atoms with Gasteiger partial charge in [0.05, 0.1) is 12.5 Å². The Kier molecular flexibility index (Phi) is 4.60. The number of nitrogens with one attached hydrogen (secondary N) is 1. The molecule has 1 amide bonds. The number of alkyl halides is 6. The number of hydrogen-bond acceptors (Lipinski definition) is 2. The van der Waals surface area contributed by atoms with Crippen LogP contribution in [-0.2, 0) is 5.41 Å². The molecule has 0 heterocycles. The molecule has 0 unspecified atom stereocenters. The van der Waals surface area contributed by atoms with Crippen LogP contribution in [0.1, 0.15) is 12.0 Å². The van der Waals surface area contributed by atoms with Gasteiger partial charge in [-0.15, -0.1) is 0 Å². The van der Waals surface area contributed by atoms with Crippen molar-refractivity contribution in [3.05, 3.63) is 29.8 Å². The van der Waals surface area contributed by atoms with E-state index in [2.05, 4.69) is 0 Å². The van der Waals surface area contributed by atoms with Crippen LogP contribution in [-0.4, -0.2) is 23.6 Å². The third-order valence-electron chi connectivity index (χ3n) is 2.94. The third-order valence-corrected chi connectivity index (χ3v) is 2.94. The molecule has 0 fully saturated rings. The molecule has 0 spiro atoms. The summed E-state index contributed by atoms with van der Waals surface area (Å²) >= 11 is 0. The molecule has 0 aromatic heterocycles. The lowest BCUT2D eigenvalue weighted by molar-refractivity contribution is -0.302. The minimum absolute atomic E-state index is 0.202. The second-order valence-electron chi connectivity index (χ2n) is 4.24. The molecule has 4 nitrogen and oxygen atoms in total. The number of halogens is 6. The molecule has 0 aliphatic heterocycles. The Hall–Kier alpha value is -2.44. The van der Waals surface area contributed by atoms with E-state index >= 15 is 0 Å². The fraction of sp³-hybridized carbons (Fsp3) is 0.333. The van der Waals surface area contributed by atoms with E-state index in [9.17, 15) is 31.1 Å². The van der Waals surface area contributed by atoms with Gasteiger partial charge in [-0.1, -0.05) is 12.1 Å². The number of nitrogens with zero attached hydrogens (tertiary/aromatic N) is 1. The predicted octanol–water partition coefficient (Wildman–Crippen LogP) is 4.05. The van der Waals surface area contributed by atoms with Gasteiger partial charge in [0.25, 0.3) is 0 Å². The van der Waals surface area contributed by atoms with Crippen molar-refractivity contribution in [2.75, 3.05) is 5.32 Å². The average molecular weight is 326 g/mol. The van der Waals surface area contributed by atoms with Crippen LogP contribution >= 0.6 is 0 Å². The predicted molar refractivity (Wildman–Crippen MR) is 62.1 cm³/mol. The molecule has 0 saturated carbocycles. The highest BCUT2D eigenvalue weighted by molar-refractivity contribution is 5.82. The zero-order chi connectivity index (χ0) is 17.2. The second-order valence-corrected chi connectivity index (χ2v) is 4.24. The first-order valence-corrected chi connectivity index (χ1v) is 5.56. The highest BCUT2D eigenvalue weighted by Crippen LogP contribution is 2.54. The van der Waals surface area contributed by atoms with Gasteiger partial charge in [0.1, 0.15) is 0 Å². The fourth-order valence-electron chi connectivity index (χ4n) is 1.87. The molecule has 2 N–H and O–H groups in total. The van der Waals surface area contributed by atoms with E-state index in [1.807, 2.05) is 0 Å². The van der Waals surface area contributed by atoms with Gasteiger partial charge < -0.3 is 5.11 Å². The van der Waals surface area contributed by atoms with Crippen molar-refractivity contribution in [1.82, 2.24) is 0 Å². The Morgan fingerprint density at radius 2 is 1.55 bits per heavy atom. The first-order valence-electron chi connectivity index (χ1n) is 5.56. The third kappa shape index (κ3) is 3.08. The number of amides is 1. The van der Waals surface area contributed by atoms with E-state index in [1.54, 1.807) is 5.32 Å². The maximum Gasteiger partial charge on any atom is 0.409 e. The van der Waals surface area contributed by atoms with Crippen LogP contribution in [0.2, 0.25) is 0 Å². The molecule has 0 aliphatic rings. The van der Waals surface area contributed by atoms with E-state index in [-0.39, 0.29) is 5.69 Å². The van der Waals surface area contributed by atoms with Crippen LogP contribution in [0.4, 0.5) is 36.8 Å². The smallest absolute Gasteiger partial charge is 0.409 e. The van der Waals surface area contributed by atoms with Gasteiger partial charge in [-0.2, -0.15) is 31.6 Å². The first kappa shape index (κ1) is 17.6. The monoisotopic (exact) mass is 326 g/mol. The van der Waals surface area contributed by atoms with Gasteiger partial charge in [0, 0.05) is 5.69 Å². The molecule has 1 aromatic rings. The molecule has 0 bridgehead atoms. The van der Waals surface area contributed by atoms with Crippen LogP contribution in [0.25, 0.3) is 0 Å². The van der Waals surface area contributed by atoms with Gasteiger partial charge >= 0.3 is 18.4 Å². The molecule has 0 saturated heterocycles. The highest BCUT2D eigenvalue weighted by Gasteiger charge is 2.71. The van der Waals surface area contributed by atoms with Crippen molar-refractivity contribution in [3.63, 3.8) is 0 Å². The Morgan fingerprint density at radius 1 is 1.09 bits per heavy atom. The summed E-state index contributed by atoms with van der Waals surface area (Å²) in [7, 11) is 0. The van der Waals surface area contributed by atoms with Crippen LogP contribution < -0.4 is 5.32 Å². The lowest BCUT2D eigenvalue weighted by atomic mass is 9.76. The van der Waals surface area contributed by atoms with Crippen molar-refractivity contribution in [3.8, 4) is 6.07 Å². The maximum absolute atomic E-state index is 13.1. The number of benzene rings is 1. The molecule has 0 atom stereocenters. The molecule has 120 valence electrons. The molecule has 22 heavy (non-hydrogen) atoms. The summed E-state index contributed by atoms with van der Waals surface area (Å²) in [6.45, 7) is 0. The zero-order valence-electron chi connectivity index (χ0n) is 10.6. The Labute approximate surface area is 120 Å². The van der Waals surface area contributed by atoms with Gasteiger partial charge in [-0.25, -0.2) is 4.79 Å². The van der Waals surface area contributed by atoms with E-state index < -0.39 is 35.8 Å². The summed E-state index contributed by atoms with van der Waals surface area (Å²) in [6, 6.07) is 3.41. The topological polar surface area (TPSA) is 73.1 Å². The normalized spacial score (nSPS) is 12.6. The lowest BCUT2D eigenvalue weighted by Crippen LogP contribution is -2.53. The van der Waals surface area contributed by atoms with Crippen molar-refractivity contribution < 1.29 is 36.2 Å². The lowest BCUT2D eigenvalue weighted by Gasteiger charge is -2.36. The van der Waals surface area contributed by atoms with Crippen molar-refractivity contribution in [1.29, 1.82) is 5.26 Å². The largest absolute Gasteiger partial charge is 0.465 e. The van der Waals surface area contributed by atoms with Crippen LogP contribution in [0.15, 0.2) is 24.3 Å². The summed E-state index contributed by atoms with van der Waals surface area (Å²) in [6.07, 6.45) is -14.9. The first-order chi connectivity index (χ1) is 9.95. The molecule has 1 aromatic carbocycles. The molecular formula is C12H8F6N2O2. The average Bonchev–Trinajstić information content (AvgIpc) is 2.33. The van der Waals surface area contributed by atoms with Crippen molar-refractivity contribution >= 4 is 11.8 Å². The van der Waals surface area contributed by atoms with E-state index in [1.165, 1.54) is 0 Å². The summed E-state index contributed by atoms with van der Waals surface area (Å²) in [5, 5.41) is 18.6. The summed E-state index contributed by atoms with van der Waals surface area (Å²) in [5.74, 6) is 0. The van der Waals surface area contributed by atoms with E-state index in [0.717, 1.165) is 18.2 Å². The molecule has 0 aliphatic carbocycles. The second kappa shape index (κ2) is 5.75. The summed E-state index contributed by atoms with van der Waals surface area (Å²) in [4.78, 5) is 10.4. The van der Waals surface area contributed by atoms with Gasteiger partial charge in [-0.05, 0) is 17.7 Å². The van der Waals surface area contributed by atoms with Crippen LogP contribution in [0.3, 0.4) is 0 Å². The van der Waals surface area contributed by atoms with Crippen molar-refractivity contribution in [2.45, 2.75) is 24.2 Å². The number of rotatable bonds is 3. The number of carbonyl (C=O) groups is 1. The Bertz CT molecular complexity index is 572. The van der Waals surface area contributed by atoms with Crippen molar-refractivity contribution in [2.24, 2.45) is 0 Å². The Balaban J connectivity index is 3.46. The highest BCUT2D eigenvalue weighted by atomic mass is 19.4. The van der Waals surface area contributed by atoms with Crippen LogP contribution in [0, 0.1) is 11.3 Å². The fourth-order valence-corrected chi connectivity index (χ4v) is 1.87. The summed E-state index contributed by atoms with van der Waals surface area (Å²) < 4.78 is 78.4. The van der Waals surface area contributed by atoms with Gasteiger partial charge in [-0.3, -0.25) is 5.32 Å². The molecule has 10 heteroatoms. The number of carboxylic acid groups (broad SMARTS) is 1. The minimum Gasteiger partial charge on any atom is -0.465 e. The Morgan fingerprint density at radius 3 is 1.86 bits per heavy atom. The van der Waals surface area contributed by atoms with Gasteiger partial charge in [0.2, 0.25) is 0 Å². The number of hydrogen-bond donors (Lipinski definition) is 2. The summed E-state index contributed by atoms with van der Waals surface area (Å²) in [5.41, 5.74) is -5.73. The van der Waals surface area contributed by atoms with Crippen LogP contribution in [0.5, 0.6) is 0 Å². The molecular weight excluding hydrogens is 318 g/mol.